The zero-order valence-electron chi connectivity index (χ0n) is 13.5. The number of carbonyl (C=O) groups is 1. The predicted octanol–water partition coefficient (Wildman–Crippen LogP) is 3.53. The standard InChI is InChI=1S/C18H23N3OS/c1-21-11-10-17(20-13-19-14-6-3-2-4-7-14)16(12-21)18(22)23-15-8-5-9-15/h2-4,6-7,13,15H,5,8-12H2,1H3,(H,19,20). The van der Waals surface area contributed by atoms with Crippen molar-refractivity contribution in [1.82, 2.24) is 4.90 Å². The van der Waals surface area contributed by atoms with E-state index in [0.717, 1.165) is 29.9 Å². The van der Waals surface area contributed by atoms with Crippen molar-refractivity contribution < 1.29 is 4.79 Å². The molecule has 1 N–H and O–H groups in total. The van der Waals surface area contributed by atoms with E-state index >= 15 is 0 Å². The van der Waals surface area contributed by atoms with E-state index in [1.54, 1.807) is 6.34 Å². The molecule has 0 radical (unpaired) electrons. The Balaban J connectivity index is 1.69. The monoisotopic (exact) mass is 329 g/mol. The van der Waals surface area contributed by atoms with Crippen molar-refractivity contribution in [3.05, 3.63) is 41.6 Å². The van der Waals surface area contributed by atoms with Gasteiger partial charge in [0.15, 0.2) is 0 Å². The third-order valence-corrected chi connectivity index (χ3v) is 5.57. The maximum atomic E-state index is 12.6. The molecule has 2 aliphatic rings. The lowest BCUT2D eigenvalue weighted by atomic mass is 10.00. The smallest absolute Gasteiger partial charge is 0.218 e. The summed E-state index contributed by atoms with van der Waals surface area (Å²) in [7, 11) is 2.06. The topological polar surface area (TPSA) is 44.7 Å². The van der Waals surface area contributed by atoms with Crippen LogP contribution in [0.15, 0.2) is 46.6 Å². The Morgan fingerprint density at radius 2 is 2.13 bits per heavy atom. The number of rotatable bonds is 5. The number of aliphatic imine (C=N–C) groups is 1. The Hall–Kier alpha value is -1.59. The van der Waals surface area contributed by atoms with Crippen molar-refractivity contribution in [3.63, 3.8) is 0 Å². The van der Waals surface area contributed by atoms with E-state index in [2.05, 4.69) is 22.3 Å². The second kappa shape index (κ2) is 7.79. The summed E-state index contributed by atoms with van der Waals surface area (Å²) in [5, 5.41) is 3.91. The fourth-order valence-corrected chi connectivity index (χ4v) is 3.84. The van der Waals surface area contributed by atoms with Crippen molar-refractivity contribution in [1.29, 1.82) is 0 Å². The minimum atomic E-state index is 0.216. The predicted molar refractivity (Wildman–Crippen MR) is 97.9 cm³/mol. The molecule has 5 heteroatoms. The van der Waals surface area contributed by atoms with E-state index in [1.807, 2.05) is 30.3 Å². The first kappa shape index (κ1) is 16.3. The highest BCUT2D eigenvalue weighted by molar-refractivity contribution is 8.14. The summed E-state index contributed by atoms with van der Waals surface area (Å²) in [6, 6.07) is 9.93. The summed E-state index contributed by atoms with van der Waals surface area (Å²) >= 11 is 1.51. The first-order valence-corrected chi connectivity index (χ1v) is 9.06. The van der Waals surface area contributed by atoms with Crippen molar-refractivity contribution in [2.75, 3.05) is 25.5 Å². The molecule has 0 atom stereocenters. The molecule has 0 amide bonds. The van der Waals surface area contributed by atoms with Gasteiger partial charge in [0, 0.05) is 36.0 Å². The van der Waals surface area contributed by atoms with Gasteiger partial charge in [0.1, 0.15) is 0 Å². The molecule has 1 aliphatic heterocycles. The molecule has 0 bridgehead atoms. The summed E-state index contributed by atoms with van der Waals surface area (Å²) in [4.78, 5) is 19.3. The van der Waals surface area contributed by atoms with Crippen molar-refractivity contribution in [2.24, 2.45) is 4.99 Å². The molecule has 4 nitrogen and oxygen atoms in total. The zero-order chi connectivity index (χ0) is 16.1. The highest BCUT2D eigenvalue weighted by Crippen LogP contribution is 2.34. The third-order valence-electron chi connectivity index (χ3n) is 4.30. The van der Waals surface area contributed by atoms with E-state index in [4.69, 9.17) is 0 Å². The lowest BCUT2D eigenvalue weighted by Gasteiger charge is -2.28. The molecule has 1 heterocycles. The van der Waals surface area contributed by atoms with Gasteiger partial charge in [-0.2, -0.15) is 0 Å². The summed E-state index contributed by atoms with van der Waals surface area (Å²) in [5.41, 5.74) is 2.81. The van der Waals surface area contributed by atoms with Crippen LogP contribution in [0.2, 0.25) is 0 Å². The van der Waals surface area contributed by atoms with Crippen molar-refractivity contribution >= 4 is 28.9 Å². The SMILES string of the molecule is CN1CCC(N=CNc2ccccc2)=C(C(=O)SC2CCC2)C1. The number of benzene rings is 1. The quantitative estimate of drug-likeness (QED) is 0.663. The molecule has 3 rings (SSSR count). The van der Waals surface area contributed by atoms with Crippen LogP contribution in [-0.2, 0) is 4.79 Å². The van der Waals surface area contributed by atoms with Gasteiger partial charge >= 0.3 is 0 Å². The van der Waals surface area contributed by atoms with Crippen LogP contribution in [0.1, 0.15) is 25.7 Å². The first-order chi connectivity index (χ1) is 11.2. The summed E-state index contributed by atoms with van der Waals surface area (Å²) < 4.78 is 0. The number of hydrogen-bond donors (Lipinski definition) is 1. The van der Waals surface area contributed by atoms with E-state index in [9.17, 15) is 4.79 Å². The van der Waals surface area contributed by atoms with E-state index in [1.165, 1.54) is 31.0 Å². The highest BCUT2D eigenvalue weighted by atomic mass is 32.2. The minimum absolute atomic E-state index is 0.216. The molecular formula is C18H23N3OS. The maximum Gasteiger partial charge on any atom is 0.218 e. The van der Waals surface area contributed by atoms with Crippen LogP contribution in [-0.4, -0.2) is 41.7 Å². The van der Waals surface area contributed by atoms with Crippen LogP contribution in [0, 0.1) is 0 Å². The number of thioether (sulfide) groups is 1. The van der Waals surface area contributed by atoms with Crippen LogP contribution in [0.25, 0.3) is 0 Å². The molecule has 23 heavy (non-hydrogen) atoms. The molecule has 0 saturated heterocycles. The Bertz CT molecular complexity index is 608. The number of likely N-dealkylation sites (N-methyl/N-ethyl adjacent to an activating group) is 1. The van der Waals surface area contributed by atoms with Gasteiger partial charge in [0.2, 0.25) is 5.12 Å². The molecular weight excluding hydrogens is 306 g/mol. The number of anilines is 1. The molecule has 0 spiro atoms. The van der Waals surface area contributed by atoms with Gasteiger partial charge in [0.05, 0.1) is 12.0 Å². The Morgan fingerprint density at radius 1 is 1.35 bits per heavy atom. The van der Waals surface area contributed by atoms with Crippen LogP contribution < -0.4 is 5.32 Å². The molecule has 1 aromatic rings. The zero-order valence-corrected chi connectivity index (χ0v) is 14.3. The van der Waals surface area contributed by atoms with Crippen molar-refractivity contribution in [3.8, 4) is 0 Å². The number of hydrogen-bond acceptors (Lipinski definition) is 4. The van der Waals surface area contributed by atoms with Crippen LogP contribution >= 0.6 is 11.8 Å². The fraction of sp³-hybridized carbons (Fsp3) is 0.444. The Kier molecular flexibility index (Phi) is 5.51. The molecule has 0 unspecified atom stereocenters. The summed E-state index contributed by atoms with van der Waals surface area (Å²) in [6.45, 7) is 1.65. The lowest BCUT2D eigenvalue weighted by Crippen LogP contribution is -2.31. The Labute approximate surface area is 142 Å². The number of nitrogens with zero attached hydrogens (tertiary/aromatic N) is 2. The second-order valence-electron chi connectivity index (χ2n) is 6.14. The first-order valence-electron chi connectivity index (χ1n) is 8.18. The Morgan fingerprint density at radius 3 is 2.83 bits per heavy atom. The molecule has 1 aliphatic carbocycles. The van der Waals surface area contributed by atoms with E-state index < -0.39 is 0 Å². The van der Waals surface area contributed by atoms with E-state index in [0.29, 0.717) is 11.8 Å². The van der Waals surface area contributed by atoms with Gasteiger partial charge < -0.3 is 10.2 Å². The van der Waals surface area contributed by atoms with Crippen LogP contribution in [0.5, 0.6) is 0 Å². The van der Waals surface area contributed by atoms with Gasteiger partial charge in [-0.05, 0) is 32.0 Å². The summed E-state index contributed by atoms with van der Waals surface area (Å²) in [6.07, 6.45) is 6.14. The number of nitrogens with one attached hydrogen (secondary N) is 1. The lowest BCUT2D eigenvalue weighted by molar-refractivity contribution is -0.108. The average molecular weight is 329 g/mol. The fourth-order valence-electron chi connectivity index (χ4n) is 2.64. The largest absolute Gasteiger partial charge is 0.346 e. The van der Waals surface area contributed by atoms with Gasteiger partial charge in [-0.1, -0.05) is 36.4 Å². The second-order valence-corrected chi connectivity index (χ2v) is 7.41. The van der Waals surface area contributed by atoms with Gasteiger partial charge in [0.25, 0.3) is 0 Å². The van der Waals surface area contributed by atoms with Gasteiger partial charge in [-0.3, -0.25) is 4.79 Å². The molecule has 1 fully saturated rings. The molecule has 1 aromatic carbocycles. The van der Waals surface area contributed by atoms with Gasteiger partial charge in [-0.15, -0.1) is 0 Å². The third kappa shape index (κ3) is 4.45. The maximum absolute atomic E-state index is 12.6. The number of carbonyl (C=O) groups excluding carboxylic acids is 1. The molecule has 0 aromatic heterocycles. The van der Waals surface area contributed by atoms with Crippen LogP contribution in [0.3, 0.4) is 0 Å². The van der Waals surface area contributed by atoms with Crippen molar-refractivity contribution in [2.45, 2.75) is 30.9 Å². The average Bonchev–Trinajstić information content (AvgIpc) is 2.53. The molecule has 122 valence electrons. The molecule has 1 saturated carbocycles. The van der Waals surface area contributed by atoms with E-state index in [-0.39, 0.29) is 5.12 Å². The number of para-hydroxylation sites is 1. The highest BCUT2D eigenvalue weighted by Gasteiger charge is 2.27. The summed E-state index contributed by atoms with van der Waals surface area (Å²) in [5.74, 6) is 0. The van der Waals surface area contributed by atoms with Crippen LogP contribution in [0.4, 0.5) is 5.69 Å². The normalized spacial score (nSPS) is 19.9. The minimum Gasteiger partial charge on any atom is -0.346 e. The van der Waals surface area contributed by atoms with Gasteiger partial charge in [-0.25, -0.2) is 4.99 Å².